The summed E-state index contributed by atoms with van der Waals surface area (Å²) in [5, 5.41) is 2.79. The minimum Gasteiger partial charge on any atom is -0.483 e. The zero-order chi connectivity index (χ0) is 16.8. The Labute approximate surface area is 135 Å². The number of hydrogen-bond acceptors (Lipinski definition) is 5. The van der Waals surface area contributed by atoms with E-state index >= 15 is 0 Å². The van der Waals surface area contributed by atoms with E-state index in [9.17, 15) is 9.59 Å². The van der Waals surface area contributed by atoms with Crippen molar-refractivity contribution < 1.29 is 14.3 Å². The van der Waals surface area contributed by atoms with E-state index in [2.05, 4.69) is 10.2 Å². The van der Waals surface area contributed by atoms with Gasteiger partial charge in [-0.3, -0.25) is 14.5 Å². The summed E-state index contributed by atoms with van der Waals surface area (Å²) in [4.78, 5) is 26.7. The maximum atomic E-state index is 11.3. The van der Waals surface area contributed by atoms with Gasteiger partial charge in [0.15, 0.2) is 0 Å². The van der Waals surface area contributed by atoms with Crippen LogP contribution in [0, 0.1) is 0 Å². The van der Waals surface area contributed by atoms with Crippen LogP contribution >= 0.6 is 0 Å². The number of nitrogens with one attached hydrogen (secondary N) is 1. The molecule has 0 bridgehead atoms. The normalized spacial score (nSPS) is 22.0. The molecule has 1 saturated heterocycles. The van der Waals surface area contributed by atoms with Gasteiger partial charge in [-0.2, -0.15) is 0 Å². The Kier molecular flexibility index (Phi) is 3.68. The third kappa shape index (κ3) is 2.96. The molecule has 7 nitrogen and oxygen atoms in total. The number of fused-ring (bicyclic) bond motifs is 3. The zero-order valence-electron chi connectivity index (χ0n) is 13.6. The number of amides is 2. The van der Waals surface area contributed by atoms with Crippen molar-refractivity contribution in [2.24, 2.45) is 5.73 Å². The summed E-state index contributed by atoms with van der Waals surface area (Å²) in [6, 6.07) is 5.72. The Bertz CT molecular complexity index is 659. The lowest BCUT2D eigenvalue weighted by Gasteiger charge is -2.44. The highest BCUT2D eigenvalue weighted by Gasteiger charge is 2.47. The van der Waals surface area contributed by atoms with E-state index in [4.69, 9.17) is 10.5 Å². The number of hydrogen-bond donors (Lipinski definition) is 2. The molecule has 0 aromatic heterocycles. The molecule has 0 saturated carbocycles. The Morgan fingerprint density at radius 3 is 2.83 bits per heavy atom. The molecule has 1 aromatic rings. The monoisotopic (exact) mass is 318 g/mol. The van der Waals surface area contributed by atoms with E-state index in [1.54, 1.807) is 0 Å². The van der Waals surface area contributed by atoms with Crippen molar-refractivity contribution in [1.29, 1.82) is 0 Å². The summed E-state index contributed by atoms with van der Waals surface area (Å²) < 4.78 is 6.15. The van der Waals surface area contributed by atoms with Gasteiger partial charge in [0, 0.05) is 19.2 Å². The highest BCUT2D eigenvalue weighted by atomic mass is 16.5. The minimum atomic E-state index is -0.380. The van der Waals surface area contributed by atoms with Gasteiger partial charge in [-0.15, -0.1) is 0 Å². The number of ether oxygens (including phenoxy) is 1. The number of rotatable bonds is 3. The van der Waals surface area contributed by atoms with Gasteiger partial charge in [-0.05, 0) is 32.0 Å². The first-order chi connectivity index (χ1) is 10.8. The highest BCUT2D eigenvalue weighted by Crippen LogP contribution is 2.44. The van der Waals surface area contributed by atoms with Gasteiger partial charge < -0.3 is 20.7 Å². The third-order valence-electron chi connectivity index (χ3n) is 4.30. The van der Waals surface area contributed by atoms with Gasteiger partial charge in [0.05, 0.1) is 24.9 Å². The van der Waals surface area contributed by atoms with Crippen molar-refractivity contribution in [3.8, 4) is 5.75 Å². The number of carbonyl (C=O) groups excluding carboxylic acids is 2. The molecule has 3 N–H and O–H groups in total. The second kappa shape index (κ2) is 5.42. The summed E-state index contributed by atoms with van der Waals surface area (Å²) in [5.74, 6) is 0.326. The molecule has 3 rings (SSSR count). The molecule has 2 aliphatic rings. The van der Waals surface area contributed by atoms with Gasteiger partial charge >= 0.3 is 0 Å². The first-order valence-electron chi connectivity index (χ1n) is 7.64. The Morgan fingerprint density at radius 1 is 1.43 bits per heavy atom. The summed E-state index contributed by atoms with van der Waals surface area (Å²) in [6.07, 6.45) is 0. The van der Waals surface area contributed by atoms with Crippen LogP contribution in [0.3, 0.4) is 0 Å². The van der Waals surface area contributed by atoms with E-state index in [0.717, 1.165) is 17.1 Å². The standard InChI is InChI=1S/C16H22N4O3/c1-10(21)18-11-4-5-13-12(6-11)20-9-19(8-15(17)22)7-14(20)16(2,3)23-13/h4-6,14H,7-9H2,1-3H3,(H2,17,22)(H,18,21). The molecule has 0 spiro atoms. The summed E-state index contributed by atoms with van der Waals surface area (Å²) >= 11 is 0. The molecule has 0 radical (unpaired) electrons. The van der Waals surface area contributed by atoms with Crippen LogP contribution in [-0.4, -0.2) is 48.1 Å². The number of primary amides is 1. The van der Waals surface area contributed by atoms with Gasteiger partial charge in [-0.25, -0.2) is 0 Å². The fourth-order valence-corrected chi connectivity index (χ4v) is 3.35. The topological polar surface area (TPSA) is 87.9 Å². The maximum absolute atomic E-state index is 11.3. The SMILES string of the molecule is CC(=O)Nc1ccc2c(c1)N1CN(CC(N)=O)CC1C(C)(C)O2. The van der Waals surface area contributed by atoms with Gasteiger partial charge in [0.1, 0.15) is 11.4 Å². The van der Waals surface area contributed by atoms with Crippen LogP contribution in [0.5, 0.6) is 5.75 Å². The number of nitrogens with two attached hydrogens (primary N) is 1. The highest BCUT2D eigenvalue weighted by molar-refractivity contribution is 5.89. The van der Waals surface area contributed by atoms with Crippen LogP contribution < -0.4 is 20.7 Å². The first-order valence-corrected chi connectivity index (χ1v) is 7.64. The number of benzene rings is 1. The Balaban J connectivity index is 1.94. The number of anilines is 2. The van der Waals surface area contributed by atoms with Crippen LogP contribution in [0.4, 0.5) is 11.4 Å². The van der Waals surface area contributed by atoms with E-state index in [0.29, 0.717) is 13.2 Å². The van der Waals surface area contributed by atoms with Gasteiger partial charge in [0.2, 0.25) is 11.8 Å². The first kappa shape index (κ1) is 15.6. The largest absolute Gasteiger partial charge is 0.483 e. The van der Waals surface area contributed by atoms with Crippen molar-refractivity contribution >= 4 is 23.2 Å². The van der Waals surface area contributed by atoms with Crippen molar-refractivity contribution in [1.82, 2.24) is 4.90 Å². The van der Waals surface area contributed by atoms with Crippen molar-refractivity contribution in [2.45, 2.75) is 32.4 Å². The maximum Gasteiger partial charge on any atom is 0.231 e. The summed E-state index contributed by atoms with van der Waals surface area (Å²) in [7, 11) is 0. The van der Waals surface area contributed by atoms with E-state index < -0.39 is 0 Å². The van der Waals surface area contributed by atoms with E-state index in [1.165, 1.54) is 6.92 Å². The Hall–Kier alpha value is -2.28. The van der Waals surface area contributed by atoms with Gasteiger partial charge in [0.25, 0.3) is 0 Å². The lowest BCUT2D eigenvalue weighted by Crippen LogP contribution is -2.54. The van der Waals surface area contributed by atoms with Crippen molar-refractivity contribution in [3.63, 3.8) is 0 Å². The van der Waals surface area contributed by atoms with Crippen molar-refractivity contribution in [2.75, 3.05) is 30.0 Å². The molecule has 7 heteroatoms. The number of nitrogens with zero attached hydrogens (tertiary/aromatic N) is 2. The predicted octanol–water partition coefficient (Wildman–Crippen LogP) is 0.749. The predicted molar refractivity (Wildman–Crippen MR) is 87.4 cm³/mol. The summed E-state index contributed by atoms with van der Waals surface area (Å²) in [5.41, 5.74) is 6.60. The molecular weight excluding hydrogens is 296 g/mol. The van der Waals surface area contributed by atoms with E-state index in [-0.39, 0.29) is 30.0 Å². The molecule has 2 amide bonds. The van der Waals surface area contributed by atoms with E-state index in [1.807, 2.05) is 36.9 Å². The fourth-order valence-electron chi connectivity index (χ4n) is 3.35. The van der Waals surface area contributed by atoms with Crippen LogP contribution in [0.2, 0.25) is 0 Å². The molecule has 1 fully saturated rings. The number of carbonyl (C=O) groups is 2. The third-order valence-corrected chi connectivity index (χ3v) is 4.30. The van der Waals surface area contributed by atoms with Gasteiger partial charge in [-0.1, -0.05) is 0 Å². The smallest absolute Gasteiger partial charge is 0.231 e. The zero-order valence-corrected chi connectivity index (χ0v) is 13.6. The Morgan fingerprint density at radius 2 is 2.17 bits per heavy atom. The molecule has 0 aliphatic carbocycles. The van der Waals surface area contributed by atoms with Crippen molar-refractivity contribution in [3.05, 3.63) is 18.2 Å². The van der Waals surface area contributed by atoms with Crippen LogP contribution in [0.1, 0.15) is 20.8 Å². The van der Waals surface area contributed by atoms with Crippen LogP contribution in [-0.2, 0) is 9.59 Å². The lowest BCUT2D eigenvalue weighted by atomic mass is 9.95. The second-order valence-corrected chi connectivity index (χ2v) is 6.67. The molecule has 23 heavy (non-hydrogen) atoms. The van der Waals surface area contributed by atoms with Crippen LogP contribution in [0.25, 0.3) is 0 Å². The molecule has 124 valence electrons. The summed E-state index contributed by atoms with van der Waals surface area (Å²) in [6.45, 7) is 7.11. The lowest BCUT2D eigenvalue weighted by molar-refractivity contribution is -0.119. The minimum absolute atomic E-state index is 0.113. The molecular formula is C16H22N4O3. The average molecular weight is 318 g/mol. The average Bonchev–Trinajstić information content (AvgIpc) is 2.83. The molecule has 2 aliphatic heterocycles. The van der Waals surface area contributed by atoms with Crippen LogP contribution in [0.15, 0.2) is 18.2 Å². The molecule has 1 aromatic carbocycles. The fraction of sp³-hybridized carbons (Fsp3) is 0.500. The second-order valence-electron chi connectivity index (χ2n) is 6.67. The molecule has 2 heterocycles. The molecule has 1 unspecified atom stereocenters. The molecule has 1 atom stereocenters. The quantitative estimate of drug-likeness (QED) is 0.858.